The van der Waals surface area contributed by atoms with Crippen LogP contribution < -0.4 is 5.32 Å². The first-order valence-corrected chi connectivity index (χ1v) is 6.42. The predicted molar refractivity (Wildman–Crippen MR) is 74.8 cm³/mol. The molecule has 0 saturated heterocycles. The summed E-state index contributed by atoms with van der Waals surface area (Å²) in [6.45, 7) is 5.37. The number of amides is 1. The molecular formula is C14H23N3O. The van der Waals surface area contributed by atoms with E-state index in [2.05, 4.69) is 24.1 Å². The third-order valence-corrected chi connectivity index (χ3v) is 2.68. The van der Waals surface area contributed by atoms with Crippen LogP contribution in [0.15, 0.2) is 18.3 Å². The van der Waals surface area contributed by atoms with Crippen molar-refractivity contribution >= 4 is 11.7 Å². The summed E-state index contributed by atoms with van der Waals surface area (Å²) in [4.78, 5) is 17.4. The monoisotopic (exact) mass is 249 g/mol. The summed E-state index contributed by atoms with van der Waals surface area (Å²) in [5, 5.41) is 3.26. The van der Waals surface area contributed by atoms with E-state index >= 15 is 0 Å². The van der Waals surface area contributed by atoms with Gasteiger partial charge in [0.05, 0.1) is 5.56 Å². The van der Waals surface area contributed by atoms with Crippen molar-refractivity contribution in [3.8, 4) is 0 Å². The lowest BCUT2D eigenvalue weighted by molar-refractivity contribution is 0.0827. The van der Waals surface area contributed by atoms with Crippen LogP contribution in [0.4, 0.5) is 5.82 Å². The fourth-order valence-corrected chi connectivity index (χ4v) is 1.61. The van der Waals surface area contributed by atoms with E-state index in [0.29, 0.717) is 5.56 Å². The molecule has 0 radical (unpaired) electrons. The van der Waals surface area contributed by atoms with Crippen LogP contribution in [0.3, 0.4) is 0 Å². The molecule has 0 unspecified atom stereocenters. The van der Waals surface area contributed by atoms with E-state index in [0.717, 1.165) is 24.7 Å². The Morgan fingerprint density at radius 2 is 2.11 bits per heavy atom. The van der Waals surface area contributed by atoms with Crippen LogP contribution in [0, 0.1) is 5.92 Å². The first kappa shape index (κ1) is 14.5. The molecule has 100 valence electrons. The molecule has 0 aromatic carbocycles. The maximum atomic E-state index is 11.7. The summed E-state index contributed by atoms with van der Waals surface area (Å²) in [6.07, 6.45) is 3.97. The Bertz CT molecular complexity index is 371. The topological polar surface area (TPSA) is 45.2 Å². The minimum Gasteiger partial charge on any atom is -0.370 e. The number of pyridine rings is 1. The molecule has 4 heteroatoms. The first-order valence-electron chi connectivity index (χ1n) is 6.42. The minimum absolute atomic E-state index is 0.0196. The number of rotatable bonds is 6. The molecule has 1 N–H and O–H groups in total. The molecule has 0 bridgehead atoms. The predicted octanol–water partition coefficient (Wildman–Crippen LogP) is 2.63. The second kappa shape index (κ2) is 6.99. The van der Waals surface area contributed by atoms with Gasteiger partial charge in [0.1, 0.15) is 5.82 Å². The van der Waals surface area contributed by atoms with Crippen LogP contribution in [-0.4, -0.2) is 36.4 Å². The molecule has 1 aromatic rings. The Hall–Kier alpha value is -1.58. The lowest BCUT2D eigenvalue weighted by Gasteiger charge is -2.11. The molecular weight excluding hydrogens is 226 g/mol. The van der Waals surface area contributed by atoms with Gasteiger partial charge in [0, 0.05) is 26.8 Å². The molecule has 0 fully saturated rings. The molecule has 18 heavy (non-hydrogen) atoms. The third-order valence-electron chi connectivity index (χ3n) is 2.68. The molecule has 0 atom stereocenters. The molecule has 0 aliphatic carbocycles. The highest BCUT2D eigenvalue weighted by Gasteiger charge is 2.07. The highest BCUT2D eigenvalue weighted by Crippen LogP contribution is 2.08. The van der Waals surface area contributed by atoms with Crippen LogP contribution >= 0.6 is 0 Å². The third kappa shape index (κ3) is 4.73. The molecule has 0 saturated carbocycles. The van der Waals surface area contributed by atoms with E-state index in [1.807, 2.05) is 6.07 Å². The van der Waals surface area contributed by atoms with E-state index in [4.69, 9.17) is 0 Å². The van der Waals surface area contributed by atoms with Crippen molar-refractivity contribution in [2.75, 3.05) is 26.0 Å². The number of hydrogen-bond donors (Lipinski definition) is 1. The first-order chi connectivity index (χ1) is 8.50. The van der Waals surface area contributed by atoms with Gasteiger partial charge in [0.2, 0.25) is 0 Å². The summed E-state index contributed by atoms with van der Waals surface area (Å²) >= 11 is 0. The van der Waals surface area contributed by atoms with Gasteiger partial charge < -0.3 is 10.2 Å². The van der Waals surface area contributed by atoms with Crippen molar-refractivity contribution < 1.29 is 4.79 Å². The van der Waals surface area contributed by atoms with Crippen LogP contribution in [-0.2, 0) is 0 Å². The fraction of sp³-hybridized carbons (Fsp3) is 0.571. The fourth-order valence-electron chi connectivity index (χ4n) is 1.61. The summed E-state index contributed by atoms with van der Waals surface area (Å²) in [7, 11) is 3.47. The highest BCUT2D eigenvalue weighted by atomic mass is 16.2. The zero-order valence-electron chi connectivity index (χ0n) is 11.7. The number of carbonyl (C=O) groups excluding carboxylic acids is 1. The maximum Gasteiger partial charge on any atom is 0.254 e. The molecule has 0 aliphatic rings. The van der Waals surface area contributed by atoms with E-state index in [1.54, 1.807) is 31.3 Å². The van der Waals surface area contributed by atoms with Crippen molar-refractivity contribution in [3.05, 3.63) is 23.9 Å². The van der Waals surface area contributed by atoms with Crippen LogP contribution in [0.25, 0.3) is 0 Å². The molecule has 4 nitrogen and oxygen atoms in total. The average Bonchev–Trinajstić information content (AvgIpc) is 2.34. The van der Waals surface area contributed by atoms with Crippen molar-refractivity contribution in [1.29, 1.82) is 0 Å². The molecule has 1 aromatic heterocycles. The number of hydrogen-bond acceptors (Lipinski definition) is 3. The SMILES string of the molecule is CC(C)CCCNc1ccc(C(=O)N(C)C)cn1. The van der Waals surface area contributed by atoms with Gasteiger partial charge in [-0.25, -0.2) is 4.98 Å². The quantitative estimate of drug-likeness (QED) is 0.788. The number of nitrogens with one attached hydrogen (secondary N) is 1. The number of anilines is 1. The second-order valence-electron chi connectivity index (χ2n) is 5.09. The molecule has 1 rings (SSSR count). The lowest BCUT2D eigenvalue weighted by atomic mass is 10.1. The van der Waals surface area contributed by atoms with Gasteiger partial charge in [-0.05, 0) is 30.9 Å². The van der Waals surface area contributed by atoms with Crippen LogP contribution in [0.5, 0.6) is 0 Å². The summed E-state index contributed by atoms with van der Waals surface area (Å²) in [5.74, 6) is 1.54. The van der Waals surface area contributed by atoms with Gasteiger partial charge in [0.15, 0.2) is 0 Å². The molecule has 1 heterocycles. The summed E-state index contributed by atoms with van der Waals surface area (Å²) in [6, 6.07) is 3.66. The Morgan fingerprint density at radius 3 is 2.61 bits per heavy atom. The zero-order chi connectivity index (χ0) is 13.5. The summed E-state index contributed by atoms with van der Waals surface area (Å²) in [5.41, 5.74) is 0.618. The van der Waals surface area contributed by atoms with Crippen molar-refractivity contribution in [3.63, 3.8) is 0 Å². The Labute approximate surface area is 109 Å². The van der Waals surface area contributed by atoms with Gasteiger partial charge in [-0.3, -0.25) is 4.79 Å². The van der Waals surface area contributed by atoms with E-state index in [9.17, 15) is 4.79 Å². The van der Waals surface area contributed by atoms with Gasteiger partial charge in [-0.1, -0.05) is 13.8 Å². The van der Waals surface area contributed by atoms with Gasteiger partial charge in [-0.2, -0.15) is 0 Å². The van der Waals surface area contributed by atoms with E-state index in [1.165, 1.54) is 6.42 Å². The van der Waals surface area contributed by atoms with Gasteiger partial charge in [-0.15, -0.1) is 0 Å². The van der Waals surface area contributed by atoms with Crippen molar-refractivity contribution in [2.24, 2.45) is 5.92 Å². The standard InChI is InChI=1S/C14H23N3O/c1-11(2)6-5-9-15-13-8-7-12(10-16-13)14(18)17(3)4/h7-8,10-11H,5-6,9H2,1-4H3,(H,15,16). The summed E-state index contributed by atoms with van der Waals surface area (Å²) < 4.78 is 0. The highest BCUT2D eigenvalue weighted by molar-refractivity contribution is 5.93. The van der Waals surface area contributed by atoms with Crippen LogP contribution in [0.2, 0.25) is 0 Å². The second-order valence-corrected chi connectivity index (χ2v) is 5.09. The largest absolute Gasteiger partial charge is 0.370 e. The van der Waals surface area contributed by atoms with Crippen molar-refractivity contribution in [2.45, 2.75) is 26.7 Å². The van der Waals surface area contributed by atoms with Gasteiger partial charge in [0.25, 0.3) is 5.91 Å². The molecule has 0 spiro atoms. The maximum absolute atomic E-state index is 11.7. The average molecular weight is 249 g/mol. The van der Waals surface area contributed by atoms with Crippen LogP contribution in [0.1, 0.15) is 37.0 Å². The molecule has 1 amide bonds. The Morgan fingerprint density at radius 1 is 1.39 bits per heavy atom. The Balaban J connectivity index is 2.43. The number of carbonyl (C=O) groups is 1. The van der Waals surface area contributed by atoms with E-state index < -0.39 is 0 Å². The smallest absolute Gasteiger partial charge is 0.254 e. The molecule has 0 aliphatic heterocycles. The van der Waals surface area contributed by atoms with E-state index in [-0.39, 0.29) is 5.91 Å². The number of nitrogens with zero attached hydrogens (tertiary/aromatic N) is 2. The normalized spacial score (nSPS) is 10.5. The number of aromatic nitrogens is 1. The lowest BCUT2D eigenvalue weighted by Crippen LogP contribution is -2.21. The minimum atomic E-state index is -0.0196. The zero-order valence-corrected chi connectivity index (χ0v) is 11.7. The Kier molecular flexibility index (Phi) is 5.62. The van der Waals surface area contributed by atoms with Crippen molar-refractivity contribution in [1.82, 2.24) is 9.88 Å². The van der Waals surface area contributed by atoms with Gasteiger partial charge >= 0.3 is 0 Å².